The lowest BCUT2D eigenvalue weighted by molar-refractivity contribution is 0.0133. The summed E-state index contributed by atoms with van der Waals surface area (Å²) in [6.45, 7) is 9.71. The fourth-order valence-electron chi connectivity index (χ4n) is 9.72. The van der Waals surface area contributed by atoms with Crippen molar-refractivity contribution in [3.05, 3.63) is 187 Å². The molecule has 1 N–H and O–H groups in total. The van der Waals surface area contributed by atoms with E-state index in [0.717, 1.165) is 43.4 Å². The van der Waals surface area contributed by atoms with Crippen LogP contribution in [-0.4, -0.2) is 5.11 Å². The van der Waals surface area contributed by atoms with E-state index in [1.54, 1.807) is 0 Å². The predicted molar refractivity (Wildman–Crippen MR) is 195 cm³/mol. The van der Waals surface area contributed by atoms with Crippen molar-refractivity contribution < 1.29 is 9.84 Å². The van der Waals surface area contributed by atoms with Gasteiger partial charge in [0, 0.05) is 26.4 Å². The average Bonchev–Trinajstić information content (AvgIpc) is 3.69. The molecule has 0 saturated heterocycles. The summed E-state index contributed by atoms with van der Waals surface area (Å²) >= 11 is 3.82. The monoisotopic (exact) mass is 686 g/mol. The van der Waals surface area contributed by atoms with Crippen LogP contribution in [0.3, 0.4) is 0 Å². The molecule has 48 heavy (non-hydrogen) atoms. The highest BCUT2D eigenvalue weighted by Crippen LogP contribution is 2.61. The molecule has 2 atom stereocenters. The number of fused-ring (bicyclic) bond motifs is 8. The van der Waals surface area contributed by atoms with Crippen LogP contribution in [0.2, 0.25) is 0 Å². The van der Waals surface area contributed by atoms with Gasteiger partial charge in [0.2, 0.25) is 0 Å². The fraction of sp³-hybridized carbons (Fsp3) is 0.200. The highest BCUT2D eigenvalue weighted by atomic mass is 79.9. The lowest BCUT2D eigenvalue weighted by Gasteiger charge is -2.45. The van der Waals surface area contributed by atoms with Gasteiger partial charge in [-0.05, 0) is 84.5 Å². The van der Waals surface area contributed by atoms with E-state index in [2.05, 4.69) is 165 Å². The summed E-state index contributed by atoms with van der Waals surface area (Å²) in [5, 5.41) is 13.5. The normalized spacial score (nSPS) is 22.7. The number of benzene rings is 6. The third-order valence-corrected chi connectivity index (χ3v) is 12.6. The zero-order valence-electron chi connectivity index (χ0n) is 27.5. The molecule has 0 bridgehead atoms. The molecule has 4 aliphatic rings. The Morgan fingerprint density at radius 3 is 1.75 bits per heavy atom. The van der Waals surface area contributed by atoms with Gasteiger partial charge in [0.25, 0.3) is 0 Å². The van der Waals surface area contributed by atoms with E-state index in [1.165, 1.54) is 44.5 Å². The van der Waals surface area contributed by atoms with E-state index in [-0.39, 0.29) is 10.8 Å². The Balaban J connectivity index is 1.24. The molecule has 6 aromatic rings. The van der Waals surface area contributed by atoms with Gasteiger partial charge in [0.1, 0.15) is 11.2 Å². The van der Waals surface area contributed by atoms with Crippen LogP contribution in [0.4, 0.5) is 0 Å². The number of aliphatic hydroxyl groups is 1. The van der Waals surface area contributed by atoms with Gasteiger partial charge in [-0.15, -0.1) is 0 Å². The molecule has 0 aromatic heterocycles. The predicted octanol–water partition coefficient (Wildman–Crippen LogP) is 10.5. The van der Waals surface area contributed by atoms with Gasteiger partial charge in [-0.25, -0.2) is 0 Å². The van der Waals surface area contributed by atoms with Gasteiger partial charge in [-0.1, -0.05) is 153 Å². The first-order valence-corrected chi connectivity index (χ1v) is 17.7. The second-order valence-electron chi connectivity index (χ2n) is 15.1. The molecular formula is C45H35BrO2. The molecule has 6 aromatic carbocycles. The van der Waals surface area contributed by atoms with Crippen molar-refractivity contribution in [2.75, 3.05) is 0 Å². The van der Waals surface area contributed by atoms with E-state index in [9.17, 15) is 5.11 Å². The third-order valence-electron chi connectivity index (χ3n) is 12.1. The van der Waals surface area contributed by atoms with E-state index in [4.69, 9.17) is 4.74 Å². The second kappa shape index (κ2) is 9.24. The Hall–Kier alpha value is -4.28. The molecule has 0 fully saturated rings. The smallest absolute Gasteiger partial charge is 0.145 e. The summed E-state index contributed by atoms with van der Waals surface area (Å²) in [4.78, 5) is 0. The lowest BCUT2D eigenvalue weighted by Crippen LogP contribution is -2.44. The molecule has 1 heterocycles. The van der Waals surface area contributed by atoms with Gasteiger partial charge < -0.3 is 9.84 Å². The summed E-state index contributed by atoms with van der Waals surface area (Å²) in [5.74, 6) is 0. The van der Waals surface area contributed by atoms with Crippen molar-refractivity contribution in [3.63, 3.8) is 0 Å². The minimum atomic E-state index is -1.38. The number of hydrogen-bond acceptors (Lipinski definition) is 2. The van der Waals surface area contributed by atoms with Crippen molar-refractivity contribution in [3.8, 4) is 22.3 Å². The average molecular weight is 688 g/mol. The number of halogens is 1. The van der Waals surface area contributed by atoms with E-state index in [0.29, 0.717) is 6.61 Å². The molecule has 1 aliphatic heterocycles. The summed E-state index contributed by atoms with van der Waals surface area (Å²) in [5.41, 5.74) is 14.6. The molecule has 3 aliphatic carbocycles. The summed E-state index contributed by atoms with van der Waals surface area (Å²) in [7, 11) is 0. The highest BCUT2D eigenvalue weighted by molar-refractivity contribution is 9.10. The summed E-state index contributed by atoms with van der Waals surface area (Å²) < 4.78 is 8.07. The number of hydrogen-bond donors (Lipinski definition) is 1. The molecule has 0 amide bonds. The standard InChI is InChI=1S/C45H35BrO2/c1-42(2)34-13-7-5-11-30(34)32-19-16-27(22-38(32)42)44(47)36-21-18-29(46)24-40(36)45(41-26(25-48-45)10-9-15-37(41)44)28-17-20-33-31-12-6-8-14-35(31)43(3,4)39(33)23-28/h5-24,47H,25H2,1-4H3. The molecule has 0 saturated carbocycles. The quantitative estimate of drug-likeness (QED) is 0.196. The SMILES string of the molecule is CC1(C)c2ccccc2-c2ccc(C3(O)c4ccc(Br)cc4C4(c5ccc6c(c5)C(C)(C)c5ccccc5-6)OCc5cccc3c54)cc21. The zero-order valence-corrected chi connectivity index (χ0v) is 29.1. The first-order valence-electron chi connectivity index (χ1n) is 16.9. The van der Waals surface area contributed by atoms with Crippen LogP contribution >= 0.6 is 15.9 Å². The van der Waals surface area contributed by atoms with Gasteiger partial charge in [0.15, 0.2) is 0 Å². The molecule has 10 rings (SSSR count). The molecular weight excluding hydrogens is 652 g/mol. The van der Waals surface area contributed by atoms with Crippen molar-refractivity contribution in [2.45, 2.75) is 56.3 Å². The van der Waals surface area contributed by atoms with Gasteiger partial charge in [0.05, 0.1) is 6.61 Å². The number of rotatable bonds is 2. The van der Waals surface area contributed by atoms with E-state index >= 15 is 0 Å². The maximum atomic E-state index is 13.5. The Kier molecular flexibility index (Phi) is 5.52. The fourth-order valence-corrected chi connectivity index (χ4v) is 10.1. The largest absolute Gasteiger partial charge is 0.376 e. The lowest BCUT2D eigenvalue weighted by atomic mass is 9.62. The zero-order chi connectivity index (χ0) is 32.8. The second-order valence-corrected chi connectivity index (χ2v) is 16.0. The Bertz CT molecular complexity index is 2400. The van der Waals surface area contributed by atoms with Crippen molar-refractivity contribution in [1.29, 1.82) is 0 Å². The first kappa shape index (κ1) is 28.7. The van der Waals surface area contributed by atoms with Gasteiger partial charge in [-0.2, -0.15) is 0 Å². The first-order chi connectivity index (χ1) is 23.1. The Morgan fingerprint density at radius 1 is 0.521 bits per heavy atom. The van der Waals surface area contributed by atoms with Gasteiger partial charge in [-0.3, -0.25) is 0 Å². The van der Waals surface area contributed by atoms with Crippen molar-refractivity contribution in [2.24, 2.45) is 0 Å². The summed E-state index contributed by atoms with van der Waals surface area (Å²) in [6, 6.07) is 43.7. The van der Waals surface area contributed by atoms with Gasteiger partial charge >= 0.3 is 0 Å². The molecule has 2 unspecified atom stereocenters. The highest BCUT2D eigenvalue weighted by Gasteiger charge is 2.56. The van der Waals surface area contributed by atoms with Crippen LogP contribution in [0.15, 0.2) is 126 Å². The molecule has 0 spiro atoms. The van der Waals surface area contributed by atoms with Crippen LogP contribution in [0.25, 0.3) is 22.3 Å². The van der Waals surface area contributed by atoms with Crippen LogP contribution in [0, 0.1) is 0 Å². The van der Waals surface area contributed by atoms with E-state index < -0.39 is 11.2 Å². The maximum Gasteiger partial charge on any atom is 0.145 e. The van der Waals surface area contributed by atoms with Crippen LogP contribution in [-0.2, 0) is 33.4 Å². The molecule has 0 radical (unpaired) electrons. The van der Waals surface area contributed by atoms with Crippen LogP contribution in [0.5, 0.6) is 0 Å². The molecule has 2 nitrogen and oxygen atoms in total. The Morgan fingerprint density at radius 2 is 1.08 bits per heavy atom. The minimum Gasteiger partial charge on any atom is -0.376 e. The maximum absolute atomic E-state index is 13.5. The van der Waals surface area contributed by atoms with Crippen molar-refractivity contribution in [1.82, 2.24) is 0 Å². The van der Waals surface area contributed by atoms with E-state index in [1.807, 2.05) is 0 Å². The third kappa shape index (κ3) is 3.30. The molecule has 234 valence electrons. The van der Waals surface area contributed by atoms with Crippen LogP contribution in [0.1, 0.15) is 88.9 Å². The minimum absolute atomic E-state index is 0.149. The Labute approximate surface area is 290 Å². The topological polar surface area (TPSA) is 29.5 Å². The summed E-state index contributed by atoms with van der Waals surface area (Å²) in [6.07, 6.45) is 0. The van der Waals surface area contributed by atoms with Crippen LogP contribution < -0.4 is 0 Å². The van der Waals surface area contributed by atoms with Crippen molar-refractivity contribution >= 4 is 15.9 Å². The number of ether oxygens (including phenoxy) is 1. The molecule has 3 heteroatoms.